The van der Waals surface area contributed by atoms with E-state index in [2.05, 4.69) is 0 Å². The molecule has 0 aliphatic rings. The second-order valence-electron chi connectivity index (χ2n) is 8.78. The van der Waals surface area contributed by atoms with Crippen molar-refractivity contribution >= 4 is 45.5 Å². The van der Waals surface area contributed by atoms with Crippen molar-refractivity contribution < 1.29 is 41.7 Å². The molecule has 4 aromatic rings. The molecule has 0 amide bonds. The summed E-state index contributed by atoms with van der Waals surface area (Å²) in [4.78, 5) is 24.9. The summed E-state index contributed by atoms with van der Waals surface area (Å²) in [5.74, 6) is -1.91. The van der Waals surface area contributed by atoms with Gasteiger partial charge < -0.3 is 0 Å². The van der Waals surface area contributed by atoms with E-state index in [1.807, 2.05) is 54.6 Å². The number of carbonyl (C=O) groups excluding carboxylic acids is 2. The normalized spacial score (nSPS) is 12.0. The summed E-state index contributed by atoms with van der Waals surface area (Å²) in [6, 6.07) is 30.3. The van der Waals surface area contributed by atoms with Crippen molar-refractivity contribution in [1.82, 2.24) is 0 Å². The van der Waals surface area contributed by atoms with Crippen LogP contribution in [0.15, 0.2) is 114 Å². The topological polar surface area (TPSA) is 136 Å². The molecule has 9 nitrogen and oxygen atoms in total. The van der Waals surface area contributed by atoms with E-state index in [4.69, 9.17) is 23.7 Å². The Morgan fingerprint density at radius 3 is 1.32 bits per heavy atom. The van der Waals surface area contributed by atoms with Crippen LogP contribution in [0.25, 0.3) is 0 Å². The maximum absolute atomic E-state index is 14.2. The summed E-state index contributed by atoms with van der Waals surface area (Å²) < 4.78 is 44.6. The number of rotatable bonds is 12. The van der Waals surface area contributed by atoms with Crippen molar-refractivity contribution in [3.63, 3.8) is 0 Å². The van der Waals surface area contributed by atoms with E-state index >= 15 is 0 Å². The minimum atomic E-state index is -4.67. The molecule has 11 heteroatoms. The van der Waals surface area contributed by atoms with Crippen LogP contribution in [0.5, 0.6) is 0 Å². The van der Waals surface area contributed by atoms with Crippen molar-refractivity contribution in [1.29, 1.82) is 0 Å². The zero-order valence-electron chi connectivity index (χ0n) is 21.9. The summed E-state index contributed by atoms with van der Waals surface area (Å²) in [5, 5.41) is 20.1. The van der Waals surface area contributed by atoms with Gasteiger partial charge in [-0.3, -0.25) is 0 Å². The molecule has 0 aliphatic heterocycles. The molecular formula is C30H29O9PS. The zero-order chi connectivity index (χ0) is 29.3. The fourth-order valence-corrected chi connectivity index (χ4v) is 10.7. The standard InChI is InChI=1S/C30H29O9PS/c31-16-18-37-29(33)23-20-24(30(34)38-19-17-32)22-28(21-23)41(35,36)39-40(25-10-4-1-5-11-25,26-12-6-2-7-13-26)27-14-8-3-9-15-27/h1-15,20-22,31-32,40H,16-19H2. The Kier molecular flexibility index (Phi) is 9.99. The van der Waals surface area contributed by atoms with E-state index in [0.717, 1.165) is 18.2 Å². The fourth-order valence-electron chi connectivity index (χ4n) is 4.30. The predicted octanol–water partition coefficient (Wildman–Crippen LogP) is 2.33. The summed E-state index contributed by atoms with van der Waals surface area (Å²) in [5.41, 5.74) is -0.518. The molecule has 4 rings (SSSR count). The number of aliphatic hydroxyl groups excluding tert-OH is 2. The molecule has 0 radical (unpaired) electrons. The SMILES string of the molecule is O=C(OCCO)c1cc(C(=O)OCCO)cc(S(=O)(=O)O[PH](c2ccccc2)(c2ccccc2)c2ccccc2)c1. The molecule has 0 heterocycles. The third-order valence-corrected chi connectivity index (χ3v) is 12.2. The first kappa shape index (κ1) is 30.0. The Morgan fingerprint density at radius 2 is 0.976 bits per heavy atom. The number of carbonyl (C=O) groups is 2. The first-order valence-electron chi connectivity index (χ1n) is 12.6. The first-order chi connectivity index (χ1) is 19.8. The van der Waals surface area contributed by atoms with Crippen molar-refractivity contribution in [2.75, 3.05) is 26.4 Å². The minimum absolute atomic E-state index is 0.259. The van der Waals surface area contributed by atoms with Crippen LogP contribution in [0.2, 0.25) is 0 Å². The van der Waals surface area contributed by atoms with Crippen molar-refractivity contribution in [2.24, 2.45) is 0 Å². The molecule has 0 saturated carbocycles. The maximum atomic E-state index is 14.2. The van der Waals surface area contributed by atoms with E-state index in [0.29, 0.717) is 15.9 Å². The molecule has 0 atom stereocenters. The molecule has 0 saturated heterocycles. The van der Waals surface area contributed by atoms with Crippen LogP contribution in [-0.4, -0.2) is 57.0 Å². The molecule has 0 bridgehead atoms. The van der Waals surface area contributed by atoms with Gasteiger partial charge in [0.25, 0.3) is 0 Å². The molecule has 4 aromatic carbocycles. The number of aliphatic hydroxyl groups is 2. The van der Waals surface area contributed by atoms with Crippen molar-refractivity contribution in [2.45, 2.75) is 4.90 Å². The van der Waals surface area contributed by atoms with Gasteiger partial charge in [0.2, 0.25) is 0 Å². The third-order valence-electron chi connectivity index (χ3n) is 6.09. The predicted molar refractivity (Wildman–Crippen MR) is 156 cm³/mol. The Hall–Kier alpha value is -3.92. The van der Waals surface area contributed by atoms with Crippen molar-refractivity contribution in [3.8, 4) is 0 Å². The quantitative estimate of drug-likeness (QED) is 0.187. The van der Waals surface area contributed by atoms with Crippen LogP contribution in [0.3, 0.4) is 0 Å². The van der Waals surface area contributed by atoms with Gasteiger partial charge in [-0.05, 0) is 0 Å². The number of ether oxygens (including phenoxy) is 2. The van der Waals surface area contributed by atoms with Gasteiger partial charge >= 0.3 is 239 Å². The monoisotopic (exact) mass is 596 g/mol. The molecule has 41 heavy (non-hydrogen) atoms. The molecule has 0 fully saturated rings. The molecule has 0 aliphatic carbocycles. The van der Waals surface area contributed by atoms with Crippen molar-refractivity contribution in [3.05, 3.63) is 120 Å². The van der Waals surface area contributed by atoms with Crippen LogP contribution >= 0.6 is 7.49 Å². The van der Waals surface area contributed by atoms with Gasteiger partial charge in [-0.2, -0.15) is 0 Å². The molecule has 214 valence electrons. The number of esters is 2. The van der Waals surface area contributed by atoms with Gasteiger partial charge in [-0.1, -0.05) is 0 Å². The fraction of sp³-hybridized carbons (Fsp3) is 0.133. The number of hydrogen-bond acceptors (Lipinski definition) is 9. The van der Waals surface area contributed by atoms with E-state index < -0.39 is 47.7 Å². The molecular weight excluding hydrogens is 567 g/mol. The third kappa shape index (κ3) is 6.87. The van der Waals surface area contributed by atoms with E-state index in [1.54, 1.807) is 36.4 Å². The first-order valence-corrected chi connectivity index (χ1v) is 16.0. The van der Waals surface area contributed by atoms with E-state index in [-0.39, 0.29) is 24.3 Å². The Morgan fingerprint density at radius 1 is 0.610 bits per heavy atom. The van der Waals surface area contributed by atoms with Crippen LogP contribution in [0, 0.1) is 0 Å². The summed E-state index contributed by atoms with van der Waals surface area (Å²) >= 11 is 0. The molecule has 0 spiro atoms. The zero-order valence-corrected chi connectivity index (χ0v) is 23.7. The van der Waals surface area contributed by atoms with Crippen LogP contribution in [0.4, 0.5) is 0 Å². The van der Waals surface area contributed by atoms with Gasteiger partial charge in [0.05, 0.1) is 0 Å². The average molecular weight is 597 g/mol. The van der Waals surface area contributed by atoms with Crippen LogP contribution < -0.4 is 15.9 Å². The van der Waals surface area contributed by atoms with Gasteiger partial charge in [0.15, 0.2) is 0 Å². The molecule has 2 N–H and O–H groups in total. The van der Waals surface area contributed by atoms with Crippen LogP contribution in [-0.2, 0) is 23.6 Å². The summed E-state index contributed by atoms with van der Waals surface area (Å²) in [7, 11) is -8.43. The van der Waals surface area contributed by atoms with Gasteiger partial charge in [-0.15, -0.1) is 0 Å². The Bertz CT molecular complexity index is 1440. The summed E-state index contributed by atoms with van der Waals surface area (Å²) in [6.45, 7) is -1.56. The number of benzene rings is 4. The molecule has 0 unspecified atom stereocenters. The molecule has 0 aromatic heterocycles. The summed E-state index contributed by atoms with van der Waals surface area (Å²) in [6.07, 6.45) is 0. The Labute approximate surface area is 238 Å². The van der Waals surface area contributed by atoms with Gasteiger partial charge in [0.1, 0.15) is 0 Å². The number of hydrogen-bond donors (Lipinski definition) is 2. The second kappa shape index (κ2) is 13.6. The van der Waals surface area contributed by atoms with Gasteiger partial charge in [0, 0.05) is 0 Å². The van der Waals surface area contributed by atoms with Gasteiger partial charge in [-0.25, -0.2) is 0 Å². The van der Waals surface area contributed by atoms with E-state index in [9.17, 15) is 18.0 Å². The van der Waals surface area contributed by atoms with Crippen LogP contribution in [0.1, 0.15) is 20.7 Å². The second-order valence-corrected chi connectivity index (χ2v) is 13.9. The average Bonchev–Trinajstić information content (AvgIpc) is 3.02. The van der Waals surface area contributed by atoms with E-state index in [1.165, 1.54) is 0 Å². The Balaban J connectivity index is 1.92.